The molecule has 6 nitrogen and oxygen atoms in total. The molecule has 0 N–H and O–H groups in total. The number of piperazine rings is 1. The van der Waals surface area contributed by atoms with Crippen molar-refractivity contribution in [2.45, 2.75) is 0 Å². The summed E-state index contributed by atoms with van der Waals surface area (Å²) in [7, 11) is 2.11. The summed E-state index contributed by atoms with van der Waals surface area (Å²) in [5.41, 5.74) is 0. The van der Waals surface area contributed by atoms with E-state index in [1.807, 2.05) is 6.07 Å². The van der Waals surface area contributed by atoms with Gasteiger partial charge >= 0.3 is 0 Å². The van der Waals surface area contributed by atoms with Gasteiger partial charge in [0.25, 0.3) is 11.8 Å². The molecule has 1 aliphatic rings. The minimum atomic E-state index is 0.487. The van der Waals surface area contributed by atoms with E-state index < -0.39 is 0 Å². The van der Waals surface area contributed by atoms with Crippen molar-refractivity contribution in [3.05, 3.63) is 17.0 Å². The van der Waals surface area contributed by atoms with Crippen LogP contribution in [0.3, 0.4) is 0 Å². The molecule has 3 heterocycles. The molecule has 0 amide bonds. The molecule has 3 rings (SSSR count). The predicted molar refractivity (Wildman–Crippen MR) is 72.0 cm³/mol. The monoisotopic (exact) mass is 275 g/mol. The smallest absolute Gasteiger partial charge is 0.269 e. The maximum atomic E-state index is 8.81. The van der Waals surface area contributed by atoms with E-state index in [-0.39, 0.29) is 0 Å². The molecule has 0 saturated carbocycles. The second-order valence-electron chi connectivity index (χ2n) is 4.47. The van der Waals surface area contributed by atoms with Crippen LogP contribution in [-0.4, -0.2) is 48.3 Å². The molecule has 0 atom stereocenters. The Bertz CT molecular complexity index is 606. The standard InChI is InChI=1S/C12H13N5OS/c1-16-4-6-17(7-5-16)12-14-11(18-15-12)10-3-2-9(8-13)19-10/h2-3H,4-7H2,1H3. The Labute approximate surface area is 114 Å². The molecule has 98 valence electrons. The van der Waals surface area contributed by atoms with Gasteiger partial charge in [-0.2, -0.15) is 10.2 Å². The van der Waals surface area contributed by atoms with Gasteiger partial charge in [0.05, 0.1) is 4.88 Å². The fourth-order valence-corrected chi connectivity index (χ4v) is 2.69. The molecule has 0 bridgehead atoms. The fraction of sp³-hybridized carbons (Fsp3) is 0.417. The Kier molecular flexibility index (Phi) is 3.19. The van der Waals surface area contributed by atoms with E-state index in [0.717, 1.165) is 31.1 Å². The van der Waals surface area contributed by atoms with Crippen molar-refractivity contribution < 1.29 is 4.52 Å². The van der Waals surface area contributed by atoms with Gasteiger partial charge in [-0.25, -0.2) is 0 Å². The number of thiophene rings is 1. The normalized spacial score (nSPS) is 16.5. The van der Waals surface area contributed by atoms with E-state index in [0.29, 0.717) is 16.7 Å². The van der Waals surface area contributed by atoms with E-state index in [2.05, 4.69) is 33.1 Å². The minimum Gasteiger partial charge on any atom is -0.336 e. The van der Waals surface area contributed by atoms with E-state index in [1.54, 1.807) is 6.07 Å². The molecule has 0 aromatic carbocycles. The van der Waals surface area contributed by atoms with Crippen LogP contribution in [0.5, 0.6) is 0 Å². The lowest BCUT2D eigenvalue weighted by Crippen LogP contribution is -2.44. The summed E-state index contributed by atoms with van der Waals surface area (Å²) in [6, 6.07) is 5.71. The number of aromatic nitrogens is 2. The zero-order valence-electron chi connectivity index (χ0n) is 10.5. The van der Waals surface area contributed by atoms with Gasteiger partial charge in [0.1, 0.15) is 10.9 Å². The van der Waals surface area contributed by atoms with Gasteiger partial charge in [-0.05, 0) is 24.3 Å². The Morgan fingerprint density at radius 1 is 1.32 bits per heavy atom. The molecule has 1 saturated heterocycles. The minimum absolute atomic E-state index is 0.487. The quantitative estimate of drug-likeness (QED) is 0.825. The summed E-state index contributed by atoms with van der Waals surface area (Å²) in [5.74, 6) is 1.12. The van der Waals surface area contributed by atoms with Gasteiger partial charge in [-0.3, -0.25) is 0 Å². The highest BCUT2D eigenvalue weighted by molar-refractivity contribution is 7.15. The van der Waals surface area contributed by atoms with Gasteiger partial charge in [0.2, 0.25) is 0 Å². The first-order valence-electron chi connectivity index (χ1n) is 6.04. The van der Waals surface area contributed by atoms with E-state index >= 15 is 0 Å². The largest absolute Gasteiger partial charge is 0.336 e. The first-order chi connectivity index (χ1) is 9.26. The summed E-state index contributed by atoms with van der Waals surface area (Å²) in [5, 5.41) is 12.8. The zero-order chi connectivity index (χ0) is 13.2. The molecule has 1 aliphatic heterocycles. The van der Waals surface area contributed by atoms with E-state index in [1.165, 1.54) is 11.3 Å². The molecule has 19 heavy (non-hydrogen) atoms. The van der Waals surface area contributed by atoms with E-state index in [9.17, 15) is 0 Å². The highest BCUT2D eigenvalue weighted by atomic mass is 32.1. The molecule has 0 radical (unpaired) electrons. The topological polar surface area (TPSA) is 69.2 Å². The Morgan fingerprint density at radius 3 is 2.79 bits per heavy atom. The lowest BCUT2D eigenvalue weighted by molar-refractivity contribution is 0.309. The number of nitriles is 1. The van der Waals surface area contributed by atoms with Crippen LogP contribution >= 0.6 is 11.3 Å². The van der Waals surface area contributed by atoms with Crippen LogP contribution in [0, 0.1) is 11.3 Å². The van der Waals surface area contributed by atoms with Crippen LogP contribution < -0.4 is 4.90 Å². The molecule has 2 aromatic rings. The van der Waals surface area contributed by atoms with Crippen molar-refractivity contribution in [2.75, 3.05) is 38.1 Å². The third-order valence-electron chi connectivity index (χ3n) is 3.13. The Morgan fingerprint density at radius 2 is 2.11 bits per heavy atom. The summed E-state index contributed by atoms with van der Waals surface area (Å²) in [6.45, 7) is 3.82. The van der Waals surface area contributed by atoms with Gasteiger partial charge < -0.3 is 14.3 Å². The molecule has 1 fully saturated rings. The maximum absolute atomic E-state index is 8.81. The van der Waals surface area contributed by atoms with Crippen LogP contribution in [-0.2, 0) is 0 Å². The number of hydrogen-bond donors (Lipinski definition) is 0. The highest BCUT2D eigenvalue weighted by Crippen LogP contribution is 2.27. The van der Waals surface area contributed by atoms with Crippen LogP contribution in [0.1, 0.15) is 4.88 Å². The summed E-state index contributed by atoms with van der Waals surface area (Å²) >= 11 is 1.36. The van der Waals surface area contributed by atoms with Crippen molar-refractivity contribution in [3.8, 4) is 16.8 Å². The number of hydrogen-bond acceptors (Lipinski definition) is 7. The second kappa shape index (κ2) is 4.99. The number of nitrogens with zero attached hydrogens (tertiary/aromatic N) is 5. The average molecular weight is 275 g/mol. The van der Waals surface area contributed by atoms with Gasteiger partial charge in [0.15, 0.2) is 0 Å². The SMILES string of the molecule is CN1CCN(c2noc(-c3ccc(C#N)s3)n2)CC1. The third-order valence-corrected chi connectivity index (χ3v) is 4.11. The summed E-state index contributed by atoms with van der Waals surface area (Å²) in [4.78, 5) is 10.3. The number of likely N-dealkylation sites (N-methyl/N-ethyl adjacent to an activating group) is 1. The Balaban J connectivity index is 1.78. The fourth-order valence-electron chi connectivity index (χ4n) is 1.96. The molecule has 0 spiro atoms. The average Bonchev–Trinajstić information content (AvgIpc) is 3.08. The molecular weight excluding hydrogens is 262 g/mol. The van der Waals surface area contributed by atoms with Crippen molar-refractivity contribution in [2.24, 2.45) is 0 Å². The lowest BCUT2D eigenvalue weighted by atomic mass is 10.3. The molecular formula is C12H13N5OS. The number of rotatable bonds is 2. The van der Waals surface area contributed by atoms with Crippen molar-refractivity contribution in [1.82, 2.24) is 15.0 Å². The molecule has 0 aliphatic carbocycles. The van der Waals surface area contributed by atoms with Crippen molar-refractivity contribution in [1.29, 1.82) is 5.26 Å². The maximum Gasteiger partial charge on any atom is 0.269 e. The Hall–Kier alpha value is -1.91. The van der Waals surface area contributed by atoms with Crippen molar-refractivity contribution >= 4 is 17.3 Å². The summed E-state index contributed by atoms with van der Waals surface area (Å²) < 4.78 is 5.27. The first-order valence-corrected chi connectivity index (χ1v) is 6.85. The van der Waals surface area contributed by atoms with Crippen LogP contribution in [0.4, 0.5) is 5.95 Å². The van der Waals surface area contributed by atoms with Gasteiger partial charge in [-0.1, -0.05) is 0 Å². The zero-order valence-corrected chi connectivity index (χ0v) is 11.4. The molecule has 7 heteroatoms. The van der Waals surface area contributed by atoms with Crippen LogP contribution in [0.25, 0.3) is 10.8 Å². The van der Waals surface area contributed by atoms with Gasteiger partial charge in [-0.15, -0.1) is 11.3 Å². The second-order valence-corrected chi connectivity index (χ2v) is 5.55. The predicted octanol–water partition coefficient (Wildman–Crippen LogP) is 1.42. The van der Waals surface area contributed by atoms with Crippen LogP contribution in [0.15, 0.2) is 16.7 Å². The van der Waals surface area contributed by atoms with Crippen molar-refractivity contribution in [3.63, 3.8) is 0 Å². The highest BCUT2D eigenvalue weighted by Gasteiger charge is 2.20. The van der Waals surface area contributed by atoms with E-state index in [4.69, 9.17) is 9.78 Å². The lowest BCUT2D eigenvalue weighted by Gasteiger charge is -2.31. The van der Waals surface area contributed by atoms with Crippen LogP contribution in [0.2, 0.25) is 0 Å². The molecule has 2 aromatic heterocycles. The van der Waals surface area contributed by atoms with Gasteiger partial charge in [0, 0.05) is 26.2 Å². The molecule has 0 unspecified atom stereocenters. The first kappa shape index (κ1) is 12.1. The number of anilines is 1. The third kappa shape index (κ3) is 2.45. The summed E-state index contributed by atoms with van der Waals surface area (Å²) in [6.07, 6.45) is 0.